The summed E-state index contributed by atoms with van der Waals surface area (Å²) in [6, 6.07) is 97.0. The number of aliphatic imine (C=N–C) groups is 1. The van der Waals surface area contributed by atoms with Gasteiger partial charge < -0.3 is 5.73 Å². The number of allylic oxidation sites excluding steroid dienone is 1. The summed E-state index contributed by atoms with van der Waals surface area (Å²) in [6.45, 7) is 0.479. The van der Waals surface area contributed by atoms with Gasteiger partial charge in [-0.2, -0.15) is 0 Å². The van der Waals surface area contributed by atoms with Crippen LogP contribution in [-0.4, -0.2) is 15.7 Å². The van der Waals surface area contributed by atoms with Gasteiger partial charge in [0.15, 0.2) is 5.82 Å². The summed E-state index contributed by atoms with van der Waals surface area (Å²) in [5.41, 5.74) is 27.3. The van der Waals surface area contributed by atoms with Crippen molar-refractivity contribution in [1.29, 1.82) is 0 Å². The number of nitrogens with zero attached hydrogens (tertiary/aromatic N) is 3. The predicted octanol–water partition coefficient (Wildman–Crippen LogP) is 16.7. The first-order valence-electron chi connectivity index (χ1n) is 24.3. The maximum Gasteiger partial charge on any atom is 0.160 e. The van der Waals surface area contributed by atoms with Crippen molar-refractivity contribution in [2.45, 2.75) is 6.54 Å². The molecule has 4 heteroatoms. The molecule has 0 unspecified atom stereocenters. The number of hydrogen-bond acceptors (Lipinski definition) is 4. The molecule has 4 nitrogen and oxygen atoms in total. The van der Waals surface area contributed by atoms with E-state index < -0.39 is 0 Å². The zero-order chi connectivity index (χ0) is 48.5. The van der Waals surface area contributed by atoms with Crippen LogP contribution in [-0.2, 0) is 6.54 Å². The highest BCUT2D eigenvalue weighted by molar-refractivity contribution is 6.36. The molecule has 0 aliphatic carbocycles. The van der Waals surface area contributed by atoms with E-state index in [1.165, 1.54) is 0 Å². The normalized spacial score (nSPS) is 11.8. The van der Waals surface area contributed by atoms with Gasteiger partial charge >= 0.3 is 0 Å². The molecule has 1 heterocycles. The molecule has 2 N–H and O–H groups in total. The number of aromatic nitrogens is 2. The first-order chi connectivity index (χ1) is 35.7. The van der Waals surface area contributed by atoms with Crippen LogP contribution in [0.4, 0.5) is 0 Å². The highest BCUT2D eigenvalue weighted by Crippen LogP contribution is 2.42. The Balaban J connectivity index is 0.924. The Labute approximate surface area is 421 Å². The van der Waals surface area contributed by atoms with Crippen LogP contribution < -0.4 is 5.73 Å². The van der Waals surface area contributed by atoms with E-state index in [4.69, 9.17) is 20.7 Å². The Kier molecular flexibility index (Phi) is 13.1. The third-order valence-electron chi connectivity index (χ3n) is 13.0. The van der Waals surface area contributed by atoms with Crippen molar-refractivity contribution in [1.82, 2.24) is 9.97 Å². The molecule has 0 aliphatic rings. The SMILES string of the molecule is N/C(=C(\C(=N/Cc1ccc(-c2ccccc2-c2ccccc2-c2ccc(-c3nc(-c4ccccc4)c(-c4ccccc4)c(-c4ccccc4)n3)cc2)cc1)c1ccccc1)c1ccccc1)c1ccccc1. The lowest BCUT2D eigenvalue weighted by molar-refractivity contribution is 1.07. The Morgan fingerprint density at radius 1 is 0.319 bits per heavy atom. The smallest absolute Gasteiger partial charge is 0.160 e. The van der Waals surface area contributed by atoms with Crippen LogP contribution in [0.15, 0.2) is 284 Å². The minimum Gasteiger partial charge on any atom is -0.398 e. The zero-order valence-corrected chi connectivity index (χ0v) is 39.7. The van der Waals surface area contributed by atoms with Crippen molar-refractivity contribution in [2.24, 2.45) is 10.7 Å². The van der Waals surface area contributed by atoms with E-state index in [0.717, 1.165) is 106 Å². The summed E-state index contributed by atoms with van der Waals surface area (Å²) in [5.74, 6) is 0.674. The number of benzene rings is 10. The van der Waals surface area contributed by atoms with Gasteiger partial charge in [0.25, 0.3) is 0 Å². The van der Waals surface area contributed by atoms with Crippen LogP contribution in [0.3, 0.4) is 0 Å². The van der Waals surface area contributed by atoms with Crippen LogP contribution in [0.1, 0.15) is 22.3 Å². The Morgan fingerprint density at radius 3 is 1.15 bits per heavy atom. The Morgan fingerprint density at radius 2 is 0.681 bits per heavy atom. The molecule has 0 spiro atoms. The van der Waals surface area contributed by atoms with Gasteiger partial charge in [-0.15, -0.1) is 0 Å². The molecule has 0 aliphatic heterocycles. The minimum absolute atomic E-state index is 0.479. The lowest BCUT2D eigenvalue weighted by Crippen LogP contribution is -2.12. The second-order valence-corrected chi connectivity index (χ2v) is 17.6. The van der Waals surface area contributed by atoms with Crippen LogP contribution in [0, 0.1) is 0 Å². The molecule has 72 heavy (non-hydrogen) atoms. The van der Waals surface area contributed by atoms with E-state index in [9.17, 15) is 0 Å². The fraction of sp³-hybridized carbons (Fsp3) is 0.0147. The standard InChI is InChI=1S/C68H50N4/c69-64(53-27-11-3-12-28-53)62(51-23-7-1-8-24-51)65(54-29-13-4-14-30-54)70-47-48-39-41-49(42-40-48)58-35-19-21-37-60(58)61-38-22-20-36-59(61)50-43-45-57(46-44-50)68-71-66(55-31-15-5-16-32-55)63(52-25-9-2-10-26-52)67(72-68)56-33-17-6-18-34-56/h1-46H,47,69H2/b64-62-,70-65-. The summed E-state index contributed by atoms with van der Waals surface area (Å²) in [7, 11) is 0. The maximum absolute atomic E-state index is 7.07. The summed E-state index contributed by atoms with van der Waals surface area (Å²) in [6.07, 6.45) is 0. The molecule has 11 rings (SSSR count). The molecule has 342 valence electrons. The maximum atomic E-state index is 7.07. The molecule has 0 saturated heterocycles. The Bertz CT molecular complexity index is 3590. The first kappa shape index (κ1) is 45.0. The van der Waals surface area contributed by atoms with E-state index in [0.29, 0.717) is 18.1 Å². The monoisotopic (exact) mass is 922 g/mol. The van der Waals surface area contributed by atoms with Gasteiger partial charge in [-0.1, -0.05) is 279 Å². The Hall–Kier alpha value is -9.51. The molecular formula is C68H50N4. The van der Waals surface area contributed by atoms with E-state index >= 15 is 0 Å². The quantitative estimate of drug-likeness (QED) is 0.0925. The summed E-state index contributed by atoms with van der Waals surface area (Å²) >= 11 is 0. The lowest BCUT2D eigenvalue weighted by atomic mass is 9.89. The van der Waals surface area contributed by atoms with Gasteiger partial charge in [-0.25, -0.2) is 9.97 Å². The average molecular weight is 923 g/mol. The second kappa shape index (κ2) is 21.0. The second-order valence-electron chi connectivity index (χ2n) is 17.6. The van der Waals surface area contributed by atoms with Crippen molar-refractivity contribution in [3.8, 4) is 78.4 Å². The highest BCUT2D eigenvalue weighted by Gasteiger charge is 2.21. The molecule has 0 bridgehead atoms. The van der Waals surface area contributed by atoms with Crippen molar-refractivity contribution in [3.05, 3.63) is 301 Å². The van der Waals surface area contributed by atoms with Gasteiger partial charge in [0.2, 0.25) is 0 Å². The van der Waals surface area contributed by atoms with Crippen molar-refractivity contribution in [2.75, 3.05) is 0 Å². The fourth-order valence-corrected chi connectivity index (χ4v) is 9.47. The zero-order valence-electron chi connectivity index (χ0n) is 39.7. The molecule has 0 radical (unpaired) electrons. The average Bonchev–Trinajstić information content (AvgIpc) is 3.47. The van der Waals surface area contributed by atoms with E-state index in [-0.39, 0.29) is 0 Å². The van der Waals surface area contributed by atoms with Gasteiger partial charge in [-0.3, -0.25) is 4.99 Å². The van der Waals surface area contributed by atoms with Crippen molar-refractivity contribution in [3.63, 3.8) is 0 Å². The number of nitrogens with two attached hydrogens (primary N) is 1. The van der Waals surface area contributed by atoms with Crippen LogP contribution in [0.5, 0.6) is 0 Å². The molecule has 10 aromatic carbocycles. The first-order valence-corrected chi connectivity index (χ1v) is 24.3. The molecular weight excluding hydrogens is 873 g/mol. The van der Waals surface area contributed by atoms with Gasteiger partial charge in [0, 0.05) is 39.1 Å². The molecule has 0 amide bonds. The third kappa shape index (κ3) is 9.58. The van der Waals surface area contributed by atoms with E-state index in [1.807, 2.05) is 60.7 Å². The minimum atomic E-state index is 0.479. The molecule has 1 aromatic heterocycles. The summed E-state index contributed by atoms with van der Waals surface area (Å²) in [4.78, 5) is 16.0. The molecule has 11 aromatic rings. The van der Waals surface area contributed by atoms with E-state index in [1.54, 1.807) is 0 Å². The van der Waals surface area contributed by atoms with E-state index in [2.05, 4.69) is 218 Å². The molecule has 0 atom stereocenters. The largest absolute Gasteiger partial charge is 0.398 e. The fourth-order valence-electron chi connectivity index (χ4n) is 9.47. The molecule has 0 fully saturated rings. The van der Waals surface area contributed by atoms with Crippen molar-refractivity contribution >= 4 is 17.0 Å². The summed E-state index contributed by atoms with van der Waals surface area (Å²) in [5, 5.41) is 0. The van der Waals surface area contributed by atoms with Crippen LogP contribution >= 0.6 is 0 Å². The topological polar surface area (TPSA) is 64.2 Å². The van der Waals surface area contributed by atoms with Crippen molar-refractivity contribution < 1.29 is 0 Å². The van der Waals surface area contributed by atoms with Gasteiger partial charge in [0.05, 0.1) is 23.6 Å². The predicted molar refractivity (Wildman–Crippen MR) is 301 cm³/mol. The lowest BCUT2D eigenvalue weighted by Gasteiger charge is -2.17. The van der Waals surface area contributed by atoms with Gasteiger partial charge in [0.1, 0.15) is 0 Å². The highest BCUT2D eigenvalue weighted by atomic mass is 14.9. The van der Waals surface area contributed by atoms with Crippen LogP contribution in [0.25, 0.3) is 89.7 Å². The number of rotatable bonds is 13. The third-order valence-corrected chi connectivity index (χ3v) is 13.0. The number of hydrogen-bond donors (Lipinski definition) is 1. The van der Waals surface area contributed by atoms with Crippen LogP contribution in [0.2, 0.25) is 0 Å². The van der Waals surface area contributed by atoms with Gasteiger partial charge in [-0.05, 0) is 55.6 Å². The molecule has 0 saturated carbocycles. The summed E-state index contributed by atoms with van der Waals surface area (Å²) < 4.78 is 0.